The monoisotopic (exact) mass is 1510 g/mol. The summed E-state index contributed by atoms with van der Waals surface area (Å²) in [4.78, 5) is 36.1. The molecule has 4 heterocycles. The van der Waals surface area contributed by atoms with E-state index in [4.69, 9.17) is 18.9 Å². The topological polar surface area (TPSA) is 409 Å². The highest BCUT2D eigenvalue weighted by molar-refractivity contribution is 8.01. The molecule has 8 saturated carbocycles. The van der Waals surface area contributed by atoms with Crippen LogP contribution in [-0.4, -0.2) is 216 Å². The zero-order valence-corrected chi connectivity index (χ0v) is 58.9. The first-order chi connectivity index (χ1) is 45.9. The molecule has 35 heteroatoms. The Morgan fingerprint density at radius 2 is 0.747 bits per heavy atom. The van der Waals surface area contributed by atoms with Crippen LogP contribution in [0.15, 0.2) is 0 Å². The lowest BCUT2D eigenvalue weighted by Gasteiger charge is -2.48. The lowest BCUT2D eigenvalue weighted by molar-refractivity contribution is -0.175. The van der Waals surface area contributed by atoms with E-state index in [2.05, 4.69) is 14.2 Å². The third kappa shape index (κ3) is 15.6. The molecule has 6 bridgehead atoms. The number of halogens is 6. The number of rotatable bonds is 24. The summed E-state index contributed by atoms with van der Waals surface area (Å²) in [6.07, 6.45) is 11.5. The van der Waals surface area contributed by atoms with Crippen molar-refractivity contribution in [1.82, 2.24) is 0 Å². The second-order valence-electron chi connectivity index (χ2n) is 30.7. The largest absolute Gasteiger partial charge is 0.743 e. The Morgan fingerprint density at radius 1 is 0.434 bits per heavy atom. The number of carbonyl (C=O) groups excluding carboxylic acids is 3. The van der Waals surface area contributed by atoms with E-state index >= 15 is 0 Å². The molecule has 4 aliphatic heterocycles. The molecule has 8 aliphatic carbocycles. The van der Waals surface area contributed by atoms with Gasteiger partial charge in [-0.1, -0.05) is 77.0 Å². The first kappa shape index (κ1) is 79.2. The highest BCUT2D eigenvalue weighted by Gasteiger charge is 2.69. The number of ether oxygens (including phenoxy) is 7. The molecule has 18 atom stereocenters. The van der Waals surface area contributed by atoms with Crippen molar-refractivity contribution in [2.24, 2.45) is 47.3 Å². The first-order valence-corrected chi connectivity index (χ1v) is 40.1. The highest BCUT2D eigenvalue weighted by Crippen LogP contribution is 2.66. The van der Waals surface area contributed by atoms with Gasteiger partial charge in [0.15, 0.2) is 48.7 Å². The smallest absolute Gasteiger partial charge is 0.370 e. The van der Waals surface area contributed by atoms with Gasteiger partial charge in [-0.05, 0) is 141 Å². The number of fused-ring (bicyclic) bond motifs is 6. The van der Waals surface area contributed by atoms with Crippen LogP contribution < -0.4 is 0 Å². The molecule has 0 radical (unpaired) electrons. The summed E-state index contributed by atoms with van der Waals surface area (Å²) >= 11 is 1.66. The van der Waals surface area contributed by atoms with Crippen LogP contribution in [0.2, 0.25) is 0 Å². The van der Waals surface area contributed by atoms with E-state index in [1.165, 1.54) is 0 Å². The van der Waals surface area contributed by atoms with Crippen molar-refractivity contribution in [2.45, 2.75) is 309 Å². The summed E-state index contributed by atoms with van der Waals surface area (Å²) < 4.78 is 214. The fourth-order valence-electron chi connectivity index (χ4n) is 20.3. The van der Waals surface area contributed by atoms with Crippen molar-refractivity contribution < 1.29 is 143 Å². The highest BCUT2D eigenvalue weighted by atomic mass is 32.2. The van der Waals surface area contributed by atoms with Crippen LogP contribution in [0.4, 0.5) is 26.3 Å². The summed E-state index contributed by atoms with van der Waals surface area (Å²) in [5, 5.41) is 54.3. The predicted molar refractivity (Wildman–Crippen MR) is 331 cm³/mol. The maximum absolute atomic E-state index is 13.6. The molecule has 6 N–H and O–H groups in total. The summed E-state index contributed by atoms with van der Waals surface area (Å²) in [6, 6.07) is 0. The van der Waals surface area contributed by atoms with E-state index in [1.54, 1.807) is 11.8 Å². The Morgan fingerprint density at radius 3 is 1.12 bits per heavy atom. The van der Waals surface area contributed by atoms with Gasteiger partial charge < -0.3 is 77.5 Å². The van der Waals surface area contributed by atoms with Gasteiger partial charge in [0, 0.05) is 40.6 Å². The second kappa shape index (κ2) is 29.1. The average Bonchev–Trinajstić information content (AvgIpc) is 1.57. The van der Waals surface area contributed by atoms with Crippen LogP contribution >= 0.6 is 11.8 Å². The lowest BCUT2D eigenvalue weighted by Crippen LogP contribution is -2.56. The van der Waals surface area contributed by atoms with Crippen molar-refractivity contribution in [2.75, 3.05) is 19.8 Å². The van der Waals surface area contributed by atoms with Gasteiger partial charge in [-0.2, -0.15) is 38.1 Å². The molecule has 4 saturated heterocycles. The van der Waals surface area contributed by atoms with E-state index in [1.807, 2.05) is 0 Å². The molecule has 12 aliphatic rings. The van der Waals surface area contributed by atoms with E-state index in [9.17, 15) is 110 Å². The Balaban J connectivity index is 0.000000161. The molecule has 0 spiro atoms. The fourth-order valence-corrected chi connectivity index (χ4v) is 23.9. The molecule has 0 aromatic heterocycles. The van der Waals surface area contributed by atoms with Crippen molar-refractivity contribution in [3.8, 4) is 0 Å². The fraction of sp³-hybridized carbons (Fsp3) is 0.953. The molecule has 12 fully saturated rings. The molecule has 0 aromatic rings. The van der Waals surface area contributed by atoms with Gasteiger partial charge in [-0.15, -0.1) is 0 Å². The van der Waals surface area contributed by atoms with Gasteiger partial charge >= 0.3 is 33.7 Å². The summed E-state index contributed by atoms with van der Waals surface area (Å²) in [7, 11) is -18.0. The number of hydrogen-bond acceptors (Lipinski definition) is 26. The first-order valence-electron chi connectivity index (χ1n) is 34.9. The number of esters is 3. The van der Waals surface area contributed by atoms with Gasteiger partial charge in [-0.25, -0.2) is 39.6 Å². The van der Waals surface area contributed by atoms with E-state index in [0.29, 0.717) is 104 Å². The Kier molecular flexibility index (Phi) is 23.3. The minimum atomic E-state index is -6.00. The summed E-state index contributed by atoms with van der Waals surface area (Å²) in [5.74, 6) is -4.61. The predicted octanol–water partition coefficient (Wildman–Crippen LogP) is 5.95. The molecule has 0 aromatic carbocycles. The molecule has 18 unspecified atom stereocenters. The summed E-state index contributed by atoms with van der Waals surface area (Å²) in [6.45, 7) is -0.174. The van der Waals surface area contributed by atoms with Gasteiger partial charge in [0.1, 0.15) is 19.8 Å². The molecule has 99 heavy (non-hydrogen) atoms. The van der Waals surface area contributed by atoms with Crippen LogP contribution in [0.3, 0.4) is 0 Å². The second-order valence-corrected chi connectivity index (χ2v) is 36.4. The molecule has 12 rings (SSSR count). The van der Waals surface area contributed by atoms with Crippen LogP contribution in [-0.2, 0) is 77.9 Å². The SMILES string of the molecule is CC(OC(=O)COC1CC2CC1C(C1(O)CCCC1)C2C1(O)CCCC1)C(F)(F)S(=O)(=O)[O-].CC(OC(=O)COC1CC2OC1C(C1(O)CCCC1)C2C1(O)CCCC1)C(F)(F)S(=O)(=O)[O-].CC(OC(=O)COC1CC2SC1C(C1(O)CCCC1)C2C1(O)CCCC1)C(F)(F)S(=O)(=O)[O-]. The normalized spacial score (nSPS) is 36.2. The average molecular weight is 1510 g/mol. The number of carbonyl (C=O) groups is 3. The van der Waals surface area contributed by atoms with E-state index in [-0.39, 0.29) is 63.9 Å². The van der Waals surface area contributed by atoms with Gasteiger partial charge in [0.05, 0.1) is 64.1 Å². The Labute approximate surface area is 577 Å². The molecular formula is C64H95F6O25S4-3. The van der Waals surface area contributed by atoms with Gasteiger partial charge in [0.25, 0.3) is 0 Å². The molecule has 570 valence electrons. The van der Waals surface area contributed by atoms with Crippen molar-refractivity contribution in [3.05, 3.63) is 0 Å². The molecule has 0 amide bonds. The van der Waals surface area contributed by atoms with Crippen molar-refractivity contribution in [3.63, 3.8) is 0 Å². The molecular weight excluding hydrogens is 1410 g/mol. The van der Waals surface area contributed by atoms with E-state index in [0.717, 1.165) is 96.3 Å². The van der Waals surface area contributed by atoms with Crippen LogP contribution in [0.1, 0.15) is 201 Å². The van der Waals surface area contributed by atoms with Gasteiger partial charge in [0.2, 0.25) is 0 Å². The maximum atomic E-state index is 13.6. The maximum Gasteiger partial charge on any atom is 0.370 e. The van der Waals surface area contributed by atoms with Crippen LogP contribution in [0.25, 0.3) is 0 Å². The van der Waals surface area contributed by atoms with E-state index < -0.39 is 160 Å². The number of thioether (sulfide) groups is 1. The minimum Gasteiger partial charge on any atom is -0.743 e. The van der Waals surface area contributed by atoms with Crippen LogP contribution in [0.5, 0.6) is 0 Å². The minimum absolute atomic E-state index is 0.0270. The number of alkyl halides is 6. The Bertz CT molecular complexity index is 2890. The Hall–Kier alpha value is -2.33. The third-order valence-electron chi connectivity index (χ3n) is 24.7. The standard InChI is InChI=1S/C22H34F2O8S.C21H32F2O9S.C21H32F2O8S2/c1-13(22(23,24)33(28,29)30)32-17(25)12-31-16-11-14-10-15(16)19(21(27)8-4-5-9-21)18(14)20(26)6-2-3-7-20;1-12(21(22,23)33(27,28)29)31-15(24)11-30-14-10-13-16(19(25)6-2-3-7-19)17(18(14)32-13)20(26)8-4-5-9-20;1-12(21(22,23)33(27,28)29)31-15(24)11-30-13-10-14-16(19(25)6-2-3-7-19)17(18(13)32-14)20(26)8-4-5-9-20/h13-16,18-19,26-27H,2-12H2,1H3,(H,28,29,30);2*12-14,16-18,25-26H,2-11H2,1H3,(H,27,28,29)/p-3. The number of aliphatic hydroxyl groups is 6. The van der Waals surface area contributed by atoms with Crippen molar-refractivity contribution in [1.29, 1.82) is 0 Å². The van der Waals surface area contributed by atoms with Crippen molar-refractivity contribution >= 4 is 60.0 Å². The van der Waals surface area contributed by atoms with Crippen LogP contribution in [0, 0.1) is 47.3 Å². The molecule has 25 nitrogen and oxygen atoms in total. The zero-order chi connectivity index (χ0) is 72.7. The lowest BCUT2D eigenvalue weighted by atomic mass is 9.62. The van der Waals surface area contributed by atoms with Gasteiger partial charge in [-0.3, -0.25) is 0 Å². The summed E-state index contributed by atoms with van der Waals surface area (Å²) in [5.41, 5.74) is -5.33. The number of hydrogen-bond donors (Lipinski definition) is 6. The quantitative estimate of drug-likeness (QED) is 0.0281. The third-order valence-corrected chi connectivity index (χ3v) is 29.4. The zero-order valence-electron chi connectivity index (χ0n) is 55.7.